The maximum atomic E-state index is 5.85. The van der Waals surface area contributed by atoms with E-state index < -0.39 is 0 Å². The molecule has 1 aromatic heterocycles. The molecule has 15 heavy (non-hydrogen) atoms. The molecule has 0 amide bonds. The van der Waals surface area contributed by atoms with Gasteiger partial charge in [0.1, 0.15) is 18.0 Å². The quantitative estimate of drug-likeness (QED) is 0.716. The fraction of sp³-hybridized carbons (Fsp3) is 0.600. The normalized spacial score (nSPS) is 16.7. The highest BCUT2D eigenvalue weighted by atomic mass is 15.2. The molecule has 0 unspecified atom stereocenters. The van der Waals surface area contributed by atoms with E-state index in [1.807, 2.05) is 0 Å². The van der Waals surface area contributed by atoms with E-state index in [4.69, 9.17) is 5.73 Å². The molecule has 0 saturated carbocycles. The number of nitrogens with two attached hydrogens (primary N) is 1. The molecule has 1 aliphatic rings. The van der Waals surface area contributed by atoms with Crippen LogP contribution < -0.4 is 16.0 Å². The summed E-state index contributed by atoms with van der Waals surface area (Å²) in [7, 11) is 0. The van der Waals surface area contributed by atoms with Crippen LogP contribution >= 0.6 is 0 Å². The second-order valence-electron chi connectivity index (χ2n) is 3.65. The van der Waals surface area contributed by atoms with E-state index in [9.17, 15) is 0 Å². The summed E-state index contributed by atoms with van der Waals surface area (Å²) in [5, 5.41) is 3.32. The van der Waals surface area contributed by atoms with Crippen LogP contribution in [-0.2, 0) is 6.42 Å². The zero-order chi connectivity index (χ0) is 10.7. The molecule has 2 rings (SSSR count). The van der Waals surface area contributed by atoms with Crippen LogP contribution in [0.1, 0.15) is 12.5 Å². The van der Waals surface area contributed by atoms with Crippen molar-refractivity contribution in [2.24, 2.45) is 0 Å². The summed E-state index contributed by atoms with van der Waals surface area (Å²) in [4.78, 5) is 10.6. The van der Waals surface area contributed by atoms with Gasteiger partial charge < -0.3 is 16.0 Å². The van der Waals surface area contributed by atoms with E-state index >= 15 is 0 Å². The van der Waals surface area contributed by atoms with Gasteiger partial charge in [-0.2, -0.15) is 0 Å². The summed E-state index contributed by atoms with van der Waals surface area (Å²) in [6.07, 6.45) is 2.43. The van der Waals surface area contributed by atoms with Crippen LogP contribution in [0.5, 0.6) is 0 Å². The average molecular weight is 207 g/mol. The first-order valence-corrected chi connectivity index (χ1v) is 5.38. The molecule has 3 N–H and O–H groups in total. The molecule has 2 heterocycles. The highest BCUT2D eigenvalue weighted by Gasteiger charge is 2.16. The van der Waals surface area contributed by atoms with Crippen LogP contribution in [-0.4, -0.2) is 36.1 Å². The van der Waals surface area contributed by atoms with Crippen LogP contribution in [0.2, 0.25) is 0 Å². The molecular formula is C10H17N5. The maximum Gasteiger partial charge on any atom is 0.137 e. The largest absolute Gasteiger partial charge is 0.383 e. The topological polar surface area (TPSA) is 67.1 Å². The summed E-state index contributed by atoms with van der Waals surface area (Å²) >= 11 is 0. The predicted octanol–water partition coefficient (Wildman–Crippen LogP) is 0.0308. The van der Waals surface area contributed by atoms with Gasteiger partial charge in [-0.1, -0.05) is 6.92 Å². The predicted molar refractivity (Wildman–Crippen MR) is 60.9 cm³/mol. The van der Waals surface area contributed by atoms with E-state index in [0.29, 0.717) is 5.82 Å². The van der Waals surface area contributed by atoms with Crippen LogP contribution in [0.25, 0.3) is 0 Å². The molecule has 0 spiro atoms. The Morgan fingerprint density at radius 1 is 1.40 bits per heavy atom. The number of nitrogen functional groups attached to an aromatic ring is 1. The number of nitrogens with one attached hydrogen (secondary N) is 1. The number of anilines is 2. The highest BCUT2D eigenvalue weighted by Crippen LogP contribution is 2.21. The first-order chi connectivity index (χ1) is 7.33. The van der Waals surface area contributed by atoms with Gasteiger partial charge in [0.25, 0.3) is 0 Å². The van der Waals surface area contributed by atoms with Gasteiger partial charge in [-0.3, -0.25) is 0 Å². The smallest absolute Gasteiger partial charge is 0.137 e. The maximum absolute atomic E-state index is 5.85. The molecule has 5 heteroatoms. The van der Waals surface area contributed by atoms with Crippen molar-refractivity contribution in [2.45, 2.75) is 13.3 Å². The zero-order valence-electron chi connectivity index (χ0n) is 9.03. The Labute approximate surface area is 89.7 Å². The van der Waals surface area contributed by atoms with Crippen molar-refractivity contribution in [1.82, 2.24) is 15.3 Å². The first-order valence-electron chi connectivity index (χ1n) is 5.38. The number of nitrogens with zero attached hydrogens (tertiary/aromatic N) is 3. The molecule has 1 aromatic rings. The number of hydrogen-bond donors (Lipinski definition) is 2. The number of hydrogen-bond acceptors (Lipinski definition) is 5. The minimum absolute atomic E-state index is 0.612. The van der Waals surface area contributed by atoms with Crippen molar-refractivity contribution in [3.8, 4) is 0 Å². The molecule has 1 saturated heterocycles. The van der Waals surface area contributed by atoms with Gasteiger partial charge in [-0.25, -0.2) is 9.97 Å². The number of aromatic nitrogens is 2. The minimum atomic E-state index is 0.612. The van der Waals surface area contributed by atoms with E-state index in [1.54, 1.807) is 6.33 Å². The first kappa shape index (κ1) is 10.2. The van der Waals surface area contributed by atoms with Gasteiger partial charge >= 0.3 is 0 Å². The number of rotatable bonds is 2. The standard InChI is InChI=1S/C10H17N5/c1-2-8-9(11)13-7-14-10(8)15-5-3-12-4-6-15/h7,12H,2-6H2,1H3,(H2,11,13,14). The third-order valence-electron chi connectivity index (χ3n) is 2.73. The van der Waals surface area contributed by atoms with Crippen molar-refractivity contribution < 1.29 is 0 Å². The van der Waals surface area contributed by atoms with E-state index in [1.165, 1.54) is 0 Å². The number of piperazine rings is 1. The molecule has 5 nitrogen and oxygen atoms in total. The van der Waals surface area contributed by atoms with E-state index in [2.05, 4.69) is 27.1 Å². The van der Waals surface area contributed by atoms with Gasteiger partial charge in [-0.15, -0.1) is 0 Å². The van der Waals surface area contributed by atoms with Crippen LogP contribution in [0.4, 0.5) is 11.6 Å². The zero-order valence-corrected chi connectivity index (χ0v) is 9.03. The molecule has 0 bridgehead atoms. The molecule has 0 aromatic carbocycles. The SMILES string of the molecule is CCc1c(N)ncnc1N1CCNCC1. The molecule has 0 atom stereocenters. The second-order valence-corrected chi connectivity index (χ2v) is 3.65. The van der Waals surface area contributed by atoms with Crippen molar-refractivity contribution in [3.05, 3.63) is 11.9 Å². The fourth-order valence-electron chi connectivity index (χ4n) is 1.90. The summed E-state index contributed by atoms with van der Waals surface area (Å²) in [5.41, 5.74) is 6.91. The minimum Gasteiger partial charge on any atom is -0.383 e. The lowest BCUT2D eigenvalue weighted by molar-refractivity contribution is 0.583. The third kappa shape index (κ3) is 2.02. The summed E-state index contributed by atoms with van der Waals surface area (Å²) in [5.74, 6) is 1.62. The summed E-state index contributed by atoms with van der Waals surface area (Å²) in [6.45, 7) is 6.08. The van der Waals surface area contributed by atoms with Crippen molar-refractivity contribution >= 4 is 11.6 Å². The van der Waals surface area contributed by atoms with Crippen LogP contribution in [0.15, 0.2) is 6.33 Å². The lowest BCUT2D eigenvalue weighted by Gasteiger charge is -2.29. The van der Waals surface area contributed by atoms with Gasteiger partial charge in [0.05, 0.1) is 0 Å². The van der Waals surface area contributed by atoms with E-state index in [-0.39, 0.29) is 0 Å². The Morgan fingerprint density at radius 3 is 2.80 bits per heavy atom. The highest BCUT2D eigenvalue weighted by molar-refractivity contribution is 5.56. The van der Waals surface area contributed by atoms with Crippen LogP contribution in [0, 0.1) is 0 Å². The van der Waals surface area contributed by atoms with Gasteiger partial charge in [0.15, 0.2) is 0 Å². The van der Waals surface area contributed by atoms with E-state index in [0.717, 1.165) is 44.0 Å². The molecule has 0 aliphatic carbocycles. The Kier molecular flexibility index (Phi) is 3.01. The summed E-state index contributed by atoms with van der Waals surface area (Å²) < 4.78 is 0. The Hall–Kier alpha value is -1.36. The molecule has 1 fully saturated rings. The Balaban J connectivity index is 2.29. The lowest BCUT2D eigenvalue weighted by Crippen LogP contribution is -2.44. The lowest BCUT2D eigenvalue weighted by atomic mass is 10.2. The van der Waals surface area contributed by atoms with Gasteiger partial charge in [0, 0.05) is 31.7 Å². The summed E-state index contributed by atoms with van der Waals surface area (Å²) in [6, 6.07) is 0. The molecule has 0 radical (unpaired) electrons. The van der Waals surface area contributed by atoms with Crippen molar-refractivity contribution in [2.75, 3.05) is 36.8 Å². The Bertz CT molecular complexity index is 333. The molecule has 82 valence electrons. The second kappa shape index (κ2) is 4.44. The van der Waals surface area contributed by atoms with Crippen molar-refractivity contribution in [1.29, 1.82) is 0 Å². The van der Waals surface area contributed by atoms with Gasteiger partial charge in [-0.05, 0) is 6.42 Å². The molecule has 1 aliphatic heterocycles. The average Bonchev–Trinajstić information content (AvgIpc) is 2.30. The molecular weight excluding hydrogens is 190 g/mol. The third-order valence-corrected chi connectivity index (χ3v) is 2.73. The van der Waals surface area contributed by atoms with Gasteiger partial charge in [0.2, 0.25) is 0 Å². The van der Waals surface area contributed by atoms with Crippen molar-refractivity contribution in [3.63, 3.8) is 0 Å². The monoisotopic (exact) mass is 207 g/mol. The Morgan fingerprint density at radius 2 is 2.13 bits per heavy atom. The fourth-order valence-corrected chi connectivity index (χ4v) is 1.90. The van der Waals surface area contributed by atoms with Crippen LogP contribution in [0.3, 0.4) is 0 Å².